The van der Waals surface area contributed by atoms with Crippen molar-refractivity contribution in [3.63, 3.8) is 0 Å². The molecule has 0 aliphatic carbocycles. The molecule has 0 amide bonds. The Morgan fingerprint density at radius 2 is 1.57 bits per heavy atom. The van der Waals surface area contributed by atoms with Crippen LogP contribution in [-0.2, 0) is 6.42 Å². The lowest BCUT2D eigenvalue weighted by Crippen LogP contribution is -2.10. The van der Waals surface area contributed by atoms with Gasteiger partial charge < -0.3 is 10.5 Å². The summed E-state index contributed by atoms with van der Waals surface area (Å²) in [6.45, 7) is 3.03. The molecule has 3 aromatic rings. The molecule has 2 heterocycles. The summed E-state index contributed by atoms with van der Waals surface area (Å²) in [5, 5.41) is 0.975. The van der Waals surface area contributed by atoms with Crippen LogP contribution >= 0.6 is 0 Å². The molecule has 1 aliphatic heterocycles. The van der Waals surface area contributed by atoms with E-state index in [4.69, 9.17) is 15.5 Å². The van der Waals surface area contributed by atoms with Crippen molar-refractivity contribution < 1.29 is 4.74 Å². The molecule has 0 spiro atoms. The standard InChI is InChI=1S/C32H44N4O/c1-2-3-4-5-6-7-8-9-10-11-12-13-14-15-31(33)35-28-17-18-29-27(23-28)24-34-32(36-29)26-16-19-30-25(22-26)20-21-37-30/h16-19,22-24H,2-15,20-21H2,1H3,(H2,33,35). The number of hydrogen-bond donors (Lipinski definition) is 1. The van der Waals surface area contributed by atoms with Gasteiger partial charge in [-0.1, -0.05) is 84.0 Å². The number of ether oxygens (including phenoxy) is 1. The fourth-order valence-corrected chi connectivity index (χ4v) is 5.10. The zero-order valence-electron chi connectivity index (χ0n) is 22.7. The highest BCUT2D eigenvalue weighted by molar-refractivity contribution is 5.87. The second kappa shape index (κ2) is 14.7. The van der Waals surface area contributed by atoms with Crippen LogP contribution in [0.5, 0.6) is 5.75 Å². The Hall–Kier alpha value is -2.95. The average molecular weight is 501 g/mol. The van der Waals surface area contributed by atoms with E-state index >= 15 is 0 Å². The minimum absolute atomic E-state index is 0.709. The maximum absolute atomic E-state index is 6.24. The van der Waals surface area contributed by atoms with Gasteiger partial charge in [-0.05, 0) is 48.4 Å². The van der Waals surface area contributed by atoms with Crippen molar-refractivity contribution in [2.75, 3.05) is 6.61 Å². The topological polar surface area (TPSA) is 73.4 Å². The minimum Gasteiger partial charge on any atom is -0.493 e. The fourth-order valence-electron chi connectivity index (χ4n) is 5.10. The summed E-state index contributed by atoms with van der Waals surface area (Å²) >= 11 is 0. The third-order valence-electron chi connectivity index (χ3n) is 7.32. The van der Waals surface area contributed by atoms with Gasteiger partial charge in [0.25, 0.3) is 0 Å². The molecule has 4 rings (SSSR count). The van der Waals surface area contributed by atoms with Gasteiger partial charge in [0.05, 0.1) is 23.6 Å². The number of amidine groups is 1. The molecule has 0 bridgehead atoms. The molecular weight excluding hydrogens is 456 g/mol. The van der Waals surface area contributed by atoms with E-state index in [1.807, 2.05) is 36.5 Å². The van der Waals surface area contributed by atoms with E-state index in [2.05, 4.69) is 23.0 Å². The van der Waals surface area contributed by atoms with Gasteiger partial charge in [-0.15, -0.1) is 0 Å². The molecule has 2 N–H and O–H groups in total. The summed E-state index contributed by atoms with van der Waals surface area (Å²) in [5.41, 5.74) is 10.3. The van der Waals surface area contributed by atoms with Gasteiger partial charge in [-0.3, -0.25) is 0 Å². The van der Waals surface area contributed by atoms with Crippen LogP contribution in [0.2, 0.25) is 0 Å². The maximum Gasteiger partial charge on any atom is 0.159 e. The first-order valence-electron chi connectivity index (χ1n) is 14.6. The van der Waals surface area contributed by atoms with Crippen LogP contribution in [0.25, 0.3) is 22.3 Å². The average Bonchev–Trinajstić information content (AvgIpc) is 3.39. The highest BCUT2D eigenvalue weighted by atomic mass is 16.5. The monoisotopic (exact) mass is 500 g/mol. The Morgan fingerprint density at radius 3 is 2.30 bits per heavy atom. The van der Waals surface area contributed by atoms with Gasteiger partial charge in [-0.2, -0.15) is 0 Å². The SMILES string of the molecule is CCCCCCCCCCCCCCCC(N)=Nc1ccc2nc(-c3ccc4c(c3)CCO4)ncc2c1. The third-order valence-corrected chi connectivity index (χ3v) is 7.32. The van der Waals surface area contributed by atoms with E-state index < -0.39 is 0 Å². The predicted molar refractivity (Wildman–Crippen MR) is 156 cm³/mol. The van der Waals surface area contributed by atoms with E-state index in [1.54, 1.807) is 0 Å². The summed E-state index contributed by atoms with van der Waals surface area (Å²) < 4.78 is 5.61. The van der Waals surface area contributed by atoms with Crippen LogP contribution in [0, 0.1) is 0 Å². The summed E-state index contributed by atoms with van der Waals surface area (Å²) in [7, 11) is 0. The van der Waals surface area contributed by atoms with E-state index in [0.717, 1.165) is 59.6 Å². The summed E-state index contributed by atoms with van der Waals surface area (Å²) in [4.78, 5) is 14.0. The molecule has 0 radical (unpaired) electrons. The van der Waals surface area contributed by atoms with Crippen molar-refractivity contribution in [3.8, 4) is 17.1 Å². The molecule has 37 heavy (non-hydrogen) atoms. The highest BCUT2D eigenvalue weighted by Gasteiger charge is 2.14. The Kier molecular flexibility index (Phi) is 10.8. The maximum atomic E-state index is 6.24. The van der Waals surface area contributed by atoms with Gasteiger partial charge in [-0.25, -0.2) is 15.0 Å². The highest BCUT2D eigenvalue weighted by Crippen LogP contribution is 2.30. The number of nitrogens with zero attached hydrogens (tertiary/aromatic N) is 3. The Bertz CT molecular complexity index is 1160. The smallest absolute Gasteiger partial charge is 0.159 e. The zero-order chi connectivity index (χ0) is 25.7. The largest absolute Gasteiger partial charge is 0.493 e. The number of benzene rings is 2. The van der Waals surface area contributed by atoms with Crippen molar-refractivity contribution in [3.05, 3.63) is 48.2 Å². The first-order chi connectivity index (χ1) is 18.2. The van der Waals surface area contributed by atoms with Crippen LogP contribution < -0.4 is 10.5 Å². The van der Waals surface area contributed by atoms with E-state index in [0.29, 0.717) is 5.84 Å². The normalized spacial score (nSPS) is 13.2. The van der Waals surface area contributed by atoms with Gasteiger partial charge >= 0.3 is 0 Å². The first kappa shape index (κ1) is 27.1. The predicted octanol–water partition coefficient (Wildman–Crippen LogP) is 8.70. The third kappa shape index (κ3) is 8.55. The second-order valence-corrected chi connectivity index (χ2v) is 10.5. The van der Waals surface area contributed by atoms with Crippen molar-refractivity contribution in [1.82, 2.24) is 9.97 Å². The molecule has 5 heteroatoms. The lowest BCUT2D eigenvalue weighted by molar-refractivity contribution is 0.357. The first-order valence-corrected chi connectivity index (χ1v) is 14.6. The molecular formula is C32H44N4O. The number of aromatic nitrogens is 2. The Balaban J connectivity index is 1.16. The van der Waals surface area contributed by atoms with Gasteiger partial charge in [0, 0.05) is 30.0 Å². The van der Waals surface area contributed by atoms with E-state index in [9.17, 15) is 0 Å². The molecule has 0 saturated carbocycles. The van der Waals surface area contributed by atoms with Gasteiger partial charge in [0.1, 0.15) is 5.75 Å². The lowest BCUT2D eigenvalue weighted by atomic mass is 10.0. The van der Waals surface area contributed by atoms with Gasteiger partial charge in [0.2, 0.25) is 0 Å². The number of nitrogens with two attached hydrogens (primary N) is 1. The molecule has 1 aromatic heterocycles. The zero-order valence-corrected chi connectivity index (χ0v) is 22.7. The van der Waals surface area contributed by atoms with Gasteiger partial charge in [0.15, 0.2) is 5.82 Å². The van der Waals surface area contributed by atoms with E-state index in [1.165, 1.54) is 82.6 Å². The van der Waals surface area contributed by atoms with E-state index in [-0.39, 0.29) is 0 Å². The second-order valence-electron chi connectivity index (χ2n) is 10.5. The van der Waals surface area contributed by atoms with Crippen molar-refractivity contribution >= 4 is 22.4 Å². The lowest BCUT2D eigenvalue weighted by Gasteiger charge is -2.06. The fraction of sp³-hybridized carbons (Fsp3) is 0.531. The number of hydrogen-bond acceptors (Lipinski definition) is 4. The van der Waals surface area contributed by atoms with Crippen LogP contribution in [0.1, 0.15) is 102 Å². The Labute approximate surface area is 223 Å². The number of aliphatic imine (C=N–C) groups is 1. The summed E-state index contributed by atoms with van der Waals surface area (Å²) in [6.07, 6.45) is 21.3. The van der Waals surface area contributed by atoms with Crippen molar-refractivity contribution in [2.45, 2.75) is 103 Å². The van der Waals surface area contributed by atoms with Crippen LogP contribution in [0.15, 0.2) is 47.6 Å². The Morgan fingerprint density at radius 1 is 0.865 bits per heavy atom. The minimum atomic E-state index is 0.709. The molecule has 1 aliphatic rings. The van der Waals surface area contributed by atoms with Crippen molar-refractivity contribution in [2.24, 2.45) is 10.7 Å². The number of unbranched alkanes of at least 4 members (excludes halogenated alkanes) is 12. The molecule has 198 valence electrons. The summed E-state index contributed by atoms with van der Waals surface area (Å²) in [5.74, 6) is 2.42. The molecule has 0 unspecified atom stereocenters. The number of fused-ring (bicyclic) bond motifs is 2. The molecule has 0 atom stereocenters. The molecule has 5 nitrogen and oxygen atoms in total. The molecule has 2 aromatic carbocycles. The van der Waals surface area contributed by atoms with Crippen LogP contribution in [0.3, 0.4) is 0 Å². The van der Waals surface area contributed by atoms with Crippen molar-refractivity contribution in [1.29, 1.82) is 0 Å². The van der Waals surface area contributed by atoms with Crippen LogP contribution in [-0.4, -0.2) is 22.4 Å². The summed E-state index contributed by atoms with van der Waals surface area (Å²) in [6, 6.07) is 12.2. The molecule has 0 fully saturated rings. The quantitative estimate of drug-likeness (QED) is 0.121. The van der Waals surface area contributed by atoms with Crippen LogP contribution in [0.4, 0.5) is 5.69 Å². The molecule has 0 saturated heterocycles. The number of rotatable bonds is 16.